The Morgan fingerprint density at radius 1 is 0.377 bits per heavy atom. The van der Waals surface area contributed by atoms with Crippen LogP contribution in [-0.2, 0) is 49.9 Å². The molecule has 0 saturated heterocycles. The van der Waals surface area contributed by atoms with Crippen LogP contribution in [-0.4, -0.2) is 144 Å². The lowest BCUT2D eigenvalue weighted by Gasteiger charge is -2.27. The molecule has 0 spiro atoms. The number of hydrogen-bond acceptors (Lipinski definition) is 29. The van der Waals surface area contributed by atoms with E-state index in [0.717, 1.165) is 72.8 Å². The summed E-state index contributed by atoms with van der Waals surface area (Å²) in [6.07, 6.45) is -17.4. The fourth-order valence-corrected chi connectivity index (χ4v) is 13.6. The molecule has 0 radical (unpaired) electrons. The number of aliphatic hydroxyl groups is 1. The number of anilines is 12. The zero-order valence-corrected chi connectivity index (χ0v) is 78.4. The van der Waals surface area contributed by atoms with E-state index in [1.807, 2.05) is 18.2 Å². The summed E-state index contributed by atoms with van der Waals surface area (Å²) >= 11 is 11.5. The Hall–Kier alpha value is -16.0. The zero-order valence-electron chi connectivity index (χ0n) is 76.9. The first kappa shape index (κ1) is 114. The van der Waals surface area contributed by atoms with E-state index in [2.05, 4.69) is 80.5 Å². The van der Waals surface area contributed by atoms with Gasteiger partial charge in [-0.3, -0.25) is 29.0 Å². The average Bonchev–Trinajstić information content (AvgIpc) is 1.48. The summed E-state index contributed by atoms with van der Waals surface area (Å²) in [5, 5.41) is 104. The minimum absolute atomic E-state index is 0.0576. The van der Waals surface area contributed by atoms with E-state index in [9.17, 15) is 119 Å². The molecule has 0 aliphatic carbocycles. The number of H-pyrrole nitrogens is 2. The van der Waals surface area contributed by atoms with Gasteiger partial charge in [0.2, 0.25) is 0 Å². The molecular formula is C91H78B4Cl2F18N22O9. The predicted octanol–water partition coefficient (Wildman–Crippen LogP) is 19.9. The molecule has 14 rings (SSSR count). The first-order valence-corrected chi connectivity index (χ1v) is 42.8. The minimum Gasteiger partial charge on any atom is -0.432 e. The molecule has 31 nitrogen and oxygen atoms in total. The van der Waals surface area contributed by atoms with Crippen LogP contribution in [0.25, 0.3) is 22.8 Å². The minimum atomic E-state index is -4.48. The largest absolute Gasteiger partial charge is 0.439 e. The fraction of sp³-hybridized carbons (Fsp3) is 0.187. The number of halogens is 20. The molecule has 0 fully saturated rings. The summed E-state index contributed by atoms with van der Waals surface area (Å²) in [4.78, 5) is 57.5. The lowest BCUT2D eigenvalue weighted by Crippen LogP contribution is -2.35. The highest BCUT2D eigenvalue weighted by atomic mass is 35.5. The molecule has 146 heavy (non-hydrogen) atoms. The molecule has 0 aliphatic rings. The summed E-state index contributed by atoms with van der Waals surface area (Å²) in [7, 11) is 2.20. The second kappa shape index (κ2) is 49.3. The molecule has 12 N–H and O–H groups in total. The van der Waals surface area contributed by atoms with Crippen molar-refractivity contribution in [3.8, 4) is 41.0 Å². The summed E-state index contributed by atoms with van der Waals surface area (Å²) < 4.78 is 237. The molecule has 0 aliphatic heterocycles. The van der Waals surface area contributed by atoms with Gasteiger partial charge in [0.25, 0.3) is 0 Å². The normalized spacial score (nSPS) is 11.2. The van der Waals surface area contributed by atoms with Crippen LogP contribution in [0.15, 0.2) is 238 Å². The molecule has 758 valence electrons. The average molecular weight is 2080 g/mol. The molecule has 0 atom stereocenters. The first-order chi connectivity index (χ1) is 68.7. The van der Waals surface area contributed by atoms with E-state index in [1.54, 1.807) is 58.7 Å². The monoisotopic (exact) mass is 2080 g/mol. The number of aromatic nitrogens is 10. The number of rotatable bonds is 24. The molecule has 0 amide bonds. The van der Waals surface area contributed by atoms with Gasteiger partial charge in [-0.15, -0.1) is 0 Å². The van der Waals surface area contributed by atoms with Crippen LogP contribution in [0.2, 0.25) is 37.3 Å². The van der Waals surface area contributed by atoms with Gasteiger partial charge in [0.05, 0.1) is 137 Å². The molecule has 6 aromatic carbocycles. The molecular weight excluding hydrogens is 2000 g/mol. The van der Waals surface area contributed by atoms with Crippen molar-refractivity contribution in [1.29, 1.82) is 21.2 Å². The van der Waals surface area contributed by atoms with Crippen molar-refractivity contribution in [2.45, 2.75) is 77.2 Å². The maximum absolute atomic E-state index is 12.8. The third kappa shape index (κ3) is 30.5. The Kier molecular flexibility index (Phi) is 38.4. The van der Waals surface area contributed by atoms with Crippen molar-refractivity contribution < 1.29 is 113 Å². The second-order valence-electron chi connectivity index (χ2n) is 30.5. The van der Waals surface area contributed by atoms with Crippen LogP contribution in [0.1, 0.15) is 78.1 Å². The Balaban J connectivity index is 0.000000195. The van der Waals surface area contributed by atoms with Crippen LogP contribution in [0, 0.1) is 39.4 Å². The lowest BCUT2D eigenvalue weighted by atomic mass is 9.83. The van der Waals surface area contributed by atoms with Crippen molar-refractivity contribution in [3.63, 3.8) is 0 Å². The van der Waals surface area contributed by atoms with Crippen LogP contribution in [0.5, 0.6) is 0 Å². The van der Waals surface area contributed by atoms with Gasteiger partial charge < -0.3 is 71.1 Å². The maximum atomic E-state index is 12.8. The van der Waals surface area contributed by atoms with E-state index in [4.69, 9.17) is 39.1 Å². The molecule has 0 bridgehead atoms. The number of pyridine rings is 6. The number of hydrogen-bond donors (Lipinski definition) is 12. The summed E-state index contributed by atoms with van der Waals surface area (Å²) in [6, 6.07) is 41.7. The van der Waals surface area contributed by atoms with Gasteiger partial charge >= 0.3 is 76.8 Å². The van der Waals surface area contributed by atoms with E-state index in [-0.39, 0.29) is 92.2 Å². The molecule has 55 heteroatoms. The number of alkyl halides is 18. The summed E-state index contributed by atoms with van der Waals surface area (Å²) in [5.41, 5.74) is 2.75. The predicted molar refractivity (Wildman–Crippen MR) is 512 cm³/mol. The Morgan fingerprint density at radius 3 is 0.973 bits per heavy atom. The third-order valence-electron chi connectivity index (χ3n) is 20.3. The van der Waals surface area contributed by atoms with E-state index in [1.165, 1.54) is 162 Å². The Morgan fingerprint density at radius 2 is 0.644 bits per heavy atom. The number of benzene rings is 6. The van der Waals surface area contributed by atoms with Crippen LogP contribution < -0.4 is 52.0 Å². The highest BCUT2D eigenvalue weighted by Crippen LogP contribution is 2.42. The fourth-order valence-electron chi connectivity index (χ4n) is 13.3. The maximum Gasteiger partial charge on any atom is 0.439 e. The first-order valence-electron chi connectivity index (χ1n) is 42.1. The second-order valence-corrected chi connectivity index (χ2v) is 31.3. The Bertz CT molecular complexity index is 7040. The van der Waals surface area contributed by atoms with Crippen LogP contribution in [0.3, 0.4) is 0 Å². The van der Waals surface area contributed by atoms with E-state index in [0.29, 0.717) is 72.7 Å². The van der Waals surface area contributed by atoms with Crippen LogP contribution in [0.4, 0.5) is 148 Å². The summed E-state index contributed by atoms with van der Waals surface area (Å²) in [5.74, 6) is -0.646. The number of nitrogens with zero attached hydrogens (tertiary/aromatic N) is 15. The van der Waals surface area contributed by atoms with Crippen molar-refractivity contribution in [3.05, 3.63) is 328 Å². The third-order valence-corrected chi connectivity index (χ3v) is 20.7. The topological polar surface area (TPSA) is 453 Å². The number of aromatic amines is 2. The Labute approximate surface area is 828 Å². The van der Waals surface area contributed by atoms with Crippen molar-refractivity contribution in [2.75, 3.05) is 75.3 Å². The lowest BCUT2D eigenvalue weighted by molar-refractivity contribution is -0.138. The van der Waals surface area contributed by atoms with Gasteiger partial charge in [-0.1, -0.05) is 57.8 Å². The molecule has 14 aromatic rings. The standard InChI is InChI=1S/C16H15BF3N5O3.C16H18BF3N4O2.C16H13F3N4O2.C15H14BF3N4O.C14H10BClF3N3O.C14H8ClF3N2/c1-17(27)25(11-5-3-9(4-6-11)16(18,19)20)14-12(7-10(21-2)8-22-14)13-23-15(26)28-24-13;1-17(26)24(12-5-3-10(4-6-12)16(18,19)20)15-13(14(21)9-25)7-11(22-2)8-23-15;1-20-11-7-12(14-22-15(24)25-23-14)13(21-8-11)6-9-2-4-10(5-3-9)16(17,18)19;1-16(24)23(13-5-3-11(4-6-13)15(17,18)19)14-10(8-20)7-12(21-2)9-22-14;1-15(23)22(13-9(7-20)6-11(16)8-21-13)12-4-2-10(3-5-12)14(17,18)19;15-12-6-10(7-19)13(20-8-12)5-9-1-3-11(4-2-9)14(16,17)18/h3-8,21,27H,1-2H3,(H,23,24,26);3-8,21-22,25-26H,9H2,1-2H3;2-5,7-8,20H,6H2,1H3,(H,22,23,24);3-7,9,21,24H,1-2H3;2-6,8,23H,1H3;1-4,6,8H,5H2. The SMILES string of the molecule is CB(O)N(c1ccc(C(F)(F)F)cc1)c1ncc(Cl)cc1C#N.CNc1cnc(Cc2ccc(C(F)(F)F)cc2)c(-c2noc(=O)[nH]2)c1.CNc1cnc(N(B(C)O)c2ccc(C(F)(F)F)cc2)c(-c2noc(=O)[nH]2)c1.CNc1cnc(N(B(C)O)c2ccc(C(F)(F)F)cc2)c(C#N)c1.CNc1cnc(N(B(C)O)c2ccc(C(F)(F)F)cc2)c(C(=N)CO)c1.N#Cc1cc(Cl)cnc1Cc1ccc(C(F)(F)F)cc1. The zero-order chi connectivity index (χ0) is 108. The van der Waals surface area contributed by atoms with Crippen molar-refractivity contribution >= 4 is 126 Å². The highest BCUT2D eigenvalue weighted by Gasteiger charge is 2.38. The number of nitrogens with one attached hydrogen (secondary N) is 7. The van der Waals surface area contributed by atoms with Gasteiger partial charge in [0, 0.05) is 87.3 Å². The molecule has 0 saturated carbocycles. The van der Waals surface area contributed by atoms with Gasteiger partial charge in [-0.05, 0) is 196 Å². The van der Waals surface area contributed by atoms with E-state index >= 15 is 0 Å². The smallest absolute Gasteiger partial charge is 0.432 e. The van der Waals surface area contributed by atoms with E-state index < -0.39 is 117 Å². The van der Waals surface area contributed by atoms with Gasteiger partial charge in [0.15, 0.2) is 11.6 Å². The highest BCUT2D eigenvalue weighted by molar-refractivity contribution is 6.57. The van der Waals surface area contributed by atoms with Gasteiger partial charge in [0.1, 0.15) is 41.5 Å². The molecule has 0 unspecified atom stereocenters. The summed E-state index contributed by atoms with van der Waals surface area (Å²) in [6.45, 7) is 5.16. The quantitative estimate of drug-likeness (QED) is 0.0152. The van der Waals surface area contributed by atoms with Crippen molar-refractivity contribution in [1.82, 2.24) is 50.2 Å². The van der Waals surface area contributed by atoms with Crippen LogP contribution >= 0.6 is 23.2 Å². The number of aliphatic hydroxyl groups excluding tert-OH is 1. The molecule has 8 aromatic heterocycles. The van der Waals surface area contributed by atoms with Crippen molar-refractivity contribution in [2.24, 2.45) is 0 Å². The molecule has 8 heterocycles. The number of nitriles is 3. The van der Waals surface area contributed by atoms with Gasteiger partial charge in [-0.25, -0.2) is 29.5 Å². The van der Waals surface area contributed by atoms with Gasteiger partial charge in [-0.2, -0.15) is 94.8 Å².